The molecule has 29 heavy (non-hydrogen) atoms. The molecular formula is C22H25ClN4O2. The number of pyridine rings is 1. The monoisotopic (exact) mass is 412 g/mol. The maximum Gasteiger partial charge on any atom is 0.255 e. The molecule has 3 aromatic rings. The minimum Gasteiger partial charge on any atom is -0.381 e. The summed E-state index contributed by atoms with van der Waals surface area (Å²) in [6, 6.07) is 9.63. The van der Waals surface area contributed by atoms with Gasteiger partial charge in [0, 0.05) is 62.3 Å². The summed E-state index contributed by atoms with van der Waals surface area (Å²) in [5, 5.41) is 4.68. The van der Waals surface area contributed by atoms with E-state index in [2.05, 4.69) is 10.3 Å². The summed E-state index contributed by atoms with van der Waals surface area (Å²) in [6.45, 7) is 2.21. The first kappa shape index (κ1) is 19.7. The van der Waals surface area contributed by atoms with Gasteiger partial charge in [0.1, 0.15) is 5.82 Å². The van der Waals surface area contributed by atoms with Crippen LogP contribution >= 0.6 is 11.6 Å². The van der Waals surface area contributed by atoms with Crippen molar-refractivity contribution in [3.05, 3.63) is 53.3 Å². The maximum absolute atomic E-state index is 12.9. The van der Waals surface area contributed by atoms with Crippen LogP contribution in [-0.2, 0) is 11.8 Å². The number of hydrogen-bond donors (Lipinski definition) is 1. The fourth-order valence-electron chi connectivity index (χ4n) is 3.82. The molecule has 3 heterocycles. The second-order valence-electron chi connectivity index (χ2n) is 7.49. The number of halogens is 1. The Bertz CT molecular complexity index is 1030. The number of nitrogens with zero attached hydrogens (tertiary/aromatic N) is 3. The third-order valence-corrected chi connectivity index (χ3v) is 5.77. The van der Waals surface area contributed by atoms with Crippen LogP contribution in [0.4, 0.5) is 11.5 Å². The highest BCUT2D eigenvalue weighted by molar-refractivity contribution is 6.30. The lowest BCUT2D eigenvalue weighted by atomic mass is 10.0. The molecule has 6 nitrogen and oxygen atoms in total. The van der Waals surface area contributed by atoms with E-state index >= 15 is 0 Å². The van der Waals surface area contributed by atoms with E-state index in [9.17, 15) is 4.79 Å². The quantitative estimate of drug-likeness (QED) is 0.683. The van der Waals surface area contributed by atoms with Crippen LogP contribution in [0.5, 0.6) is 0 Å². The molecule has 7 heteroatoms. The highest BCUT2D eigenvalue weighted by atomic mass is 35.5. The summed E-state index contributed by atoms with van der Waals surface area (Å²) in [7, 11) is 3.89. The number of amides is 1. The van der Waals surface area contributed by atoms with Gasteiger partial charge < -0.3 is 19.5 Å². The van der Waals surface area contributed by atoms with Gasteiger partial charge in [-0.2, -0.15) is 0 Å². The second kappa shape index (κ2) is 8.43. The van der Waals surface area contributed by atoms with Crippen LogP contribution in [0.1, 0.15) is 23.2 Å². The number of aryl methyl sites for hydroxylation is 1. The van der Waals surface area contributed by atoms with Crippen molar-refractivity contribution in [2.24, 2.45) is 13.0 Å². The first-order valence-corrected chi connectivity index (χ1v) is 10.2. The van der Waals surface area contributed by atoms with Crippen molar-refractivity contribution in [1.29, 1.82) is 0 Å². The molecule has 2 aromatic heterocycles. The van der Waals surface area contributed by atoms with Crippen LogP contribution in [0.3, 0.4) is 0 Å². The Hall–Kier alpha value is -2.57. The lowest BCUT2D eigenvalue weighted by Crippen LogP contribution is -2.32. The Kier molecular flexibility index (Phi) is 5.74. The number of carbonyl (C=O) groups is 1. The molecule has 0 radical (unpaired) electrons. The van der Waals surface area contributed by atoms with E-state index in [0.717, 1.165) is 48.5 Å². The summed E-state index contributed by atoms with van der Waals surface area (Å²) in [5.74, 6) is 1.16. The first-order valence-electron chi connectivity index (χ1n) is 9.84. The van der Waals surface area contributed by atoms with E-state index < -0.39 is 0 Å². The van der Waals surface area contributed by atoms with Crippen LogP contribution in [0.25, 0.3) is 10.9 Å². The third-order valence-electron chi connectivity index (χ3n) is 5.53. The Morgan fingerprint density at radius 1 is 1.34 bits per heavy atom. The second-order valence-corrected chi connectivity index (χ2v) is 7.93. The van der Waals surface area contributed by atoms with Crippen molar-refractivity contribution in [3.8, 4) is 0 Å². The molecule has 152 valence electrons. The van der Waals surface area contributed by atoms with Crippen molar-refractivity contribution in [2.75, 3.05) is 31.7 Å². The zero-order valence-electron chi connectivity index (χ0n) is 16.7. The van der Waals surface area contributed by atoms with Gasteiger partial charge in [0.25, 0.3) is 5.91 Å². The summed E-state index contributed by atoms with van der Waals surface area (Å²) >= 11 is 6.15. The van der Waals surface area contributed by atoms with Crippen molar-refractivity contribution in [2.45, 2.75) is 12.8 Å². The fraction of sp³-hybridized carbons (Fsp3) is 0.364. The van der Waals surface area contributed by atoms with E-state index in [1.807, 2.05) is 60.1 Å². The Morgan fingerprint density at radius 2 is 2.14 bits per heavy atom. The van der Waals surface area contributed by atoms with Gasteiger partial charge in [-0.15, -0.1) is 0 Å². The molecular weight excluding hydrogens is 388 g/mol. The average Bonchev–Trinajstić information content (AvgIpc) is 3.13. The minimum absolute atomic E-state index is 0.0900. The molecule has 0 aliphatic carbocycles. The molecule has 0 bridgehead atoms. The lowest BCUT2D eigenvalue weighted by molar-refractivity contribution is 0.0643. The van der Waals surface area contributed by atoms with E-state index in [1.54, 1.807) is 6.20 Å². The largest absolute Gasteiger partial charge is 0.381 e. The van der Waals surface area contributed by atoms with E-state index in [-0.39, 0.29) is 5.91 Å². The molecule has 0 atom stereocenters. The summed E-state index contributed by atoms with van der Waals surface area (Å²) in [6.07, 6.45) is 5.60. The van der Waals surface area contributed by atoms with Gasteiger partial charge in [-0.25, -0.2) is 4.98 Å². The van der Waals surface area contributed by atoms with Crippen molar-refractivity contribution < 1.29 is 9.53 Å². The smallest absolute Gasteiger partial charge is 0.255 e. The van der Waals surface area contributed by atoms with Crippen LogP contribution in [0, 0.1) is 5.92 Å². The number of hydrogen-bond acceptors (Lipinski definition) is 4. The van der Waals surface area contributed by atoms with Gasteiger partial charge in [0.15, 0.2) is 0 Å². The van der Waals surface area contributed by atoms with Gasteiger partial charge in [0.2, 0.25) is 0 Å². The van der Waals surface area contributed by atoms with Gasteiger partial charge in [-0.05, 0) is 43.0 Å². The van der Waals surface area contributed by atoms with Gasteiger partial charge in [-0.3, -0.25) is 4.79 Å². The molecule has 1 aliphatic heterocycles. The Labute approximate surface area is 175 Å². The molecule has 1 fully saturated rings. The molecule has 0 saturated carbocycles. The number of ether oxygens (including phenoxy) is 1. The molecule has 0 unspecified atom stereocenters. The van der Waals surface area contributed by atoms with Crippen molar-refractivity contribution >= 4 is 39.9 Å². The van der Waals surface area contributed by atoms with Crippen LogP contribution in [0.2, 0.25) is 5.02 Å². The molecule has 1 N–H and O–H groups in total. The van der Waals surface area contributed by atoms with E-state index in [0.29, 0.717) is 23.0 Å². The fourth-order valence-corrected chi connectivity index (χ4v) is 4.01. The minimum atomic E-state index is -0.0900. The topological polar surface area (TPSA) is 59.4 Å². The van der Waals surface area contributed by atoms with Crippen LogP contribution in [-0.4, -0.2) is 42.3 Å². The zero-order chi connectivity index (χ0) is 20.4. The van der Waals surface area contributed by atoms with E-state index in [1.165, 1.54) is 0 Å². The highest BCUT2D eigenvalue weighted by Crippen LogP contribution is 2.32. The van der Waals surface area contributed by atoms with Gasteiger partial charge in [0.05, 0.1) is 11.1 Å². The van der Waals surface area contributed by atoms with E-state index in [4.69, 9.17) is 16.3 Å². The number of fused-ring (bicyclic) bond motifs is 1. The first-order chi connectivity index (χ1) is 14.0. The summed E-state index contributed by atoms with van der Waals surface area (Å²) in [5.41, 5.74) is 2.39. The predicted molar refractivity (Wildman–Crippen MR) is 116 cm³/mol. The summed E-state index contributed by atoms with van der Waals surface area (Å²) in [4.78, 5) is 19.5. The number of aromatic nitrogens is 2. The third kappa shape index (κ3) is 4.09. The van der Waals surface area contributed by atoms with Gasteiger partial charge >= 0.3 is 0 Å². The molecule has 1 amide bonds. The Balaban J connectivity index is 1.62. The number of nitrogens with one attached hydrogen (secondary N) is 1. The maximum atomic E-state index is 12.9. The van der Waals surface area contributed by atoms with Crippen molar-refractivity contribution in [3.63, 3.8) is 0 Å². The van der Waals surface area contributed by atoms with Crippen LogP contribution in [0.15, 0.2) is 42.7 Å². The predicted octanol–water partition coefficient (Wildman–Crippen LogP) is 4.15. The SMILES string of the molecule is CN(c1cccc(Cl)c1)c1ncc(C(=O)NCC2CCOCC2)c2c1ccn2C. The average molecular weight is 413 g/mol. The van der Waals surface area contributed by atoms with Crippen molar-refractivity contribution in [1.82, 2.24) is 14.9 Å². The van der Waals surface area contributed by atoms with Crippen LogP contribution < -0.4 is 10.2 Å². The normalized spacial score (nSPS) is 14.9. The Morgan fingerprint density at radius 3 is 2.90 bits per heavy atom. The summed E-state index contributed by atoms with van der Waals surface area (Å²) < 4.78 is 7.36. The molecule has 1 aliphatic rings. The zero-order valence-corrected chi connectivity index (χ0v) is 17.4. The highest BCUT2D eigenvalue weighted by Gasteiger charge is 2.20. The standard InChI is InChI=1S/C22H25ClN4O2/c1-26-9-6-18-20(26)19(22(28)25-13-15-7-10-29-11-8-15)14-24-21(18)27(2)17-5-3-4-16(23)12-17/h3-6,9,12,14-15H,7-8,10-11,13H2,1-2H3,(H,25,28). The number of carbonyl (C=O) groups excluding carboxylic acids is 1. The molecule has 1 aromatic carbocycles. The van der Waals surface area contributed by atoms with Gasteiger partial charge in [-0.1, -0.05) is 17.7 Å². The number of benzene rings is 1. The molecule has 1 saturated heterocycles. The molecule has 4 rings (SSSR count). The lowest BCUT2D eigenvalue weighted by Gasteiger charge is -2.23. The number of anilines is 2. The molecule has 0 spiro atoms. The number of rotatable bonds is 5.